The summed E-state index contributed by atoms with van der Waals surface area (Å²) in [5.41, 5.74) is -0.0334. The standard InChI is InChI=1S/C14H16ClF3N2O4/c1-7(2)10(13(22)23-3)20-11(21)8-4-9(15)12(19-5-8)24-6-14(16,17)18/h4-5,7,10H,6H2,1-3H3,(H,20,21)/t10-/m0/s1. The smallest absolute Gasteiger partial charge is 0.422 e. The van der Waals surface area contributed by atoms with Gasteiger partial charge in [-0.15, -0.1) is 0 Å². The summed E-state index contributed by atoms with van der Waals surface area (Å²) < 4.78 is 45.3. The van der Waals surface area contributed by atoms with Crippen molar-refractivity contribution in [2.75, 3.05) is 13.7 Å². The van der Waals surface area contributed by atoms with Gasteiger partial charge in [-0.3, -0.25) is 4.79 Å². The van der Waals surface area contributed by atoms with E-state index in [0.29, 0.717) is 0 Å². The van der Waals surface area contributed by atoms with Crippen LogP contribution in [0.5, 0.6) is 5.88 Å². The summed E-state index contributed by atoms with van der Waals surface area (Å²) in [7, 11) is 1.19. The highest BCUT2D eigenvalue weighted by atomic mass is 35.5. The third kappa shape index (κ3) is 5.88. The number of halogens is 4. The summed E-state index contributed by atoms with van der Waals surface area (Å²) in [5.74, 6) is -1.98. The van der Waals surface area contributed by atoms with Gasteiger partial charge in [-0.2, -0.15) is 13.2 Å². The number of ether oxygens (including phenoxy) is 2. The molecule has 1 amide bonds. The number of alkyl halides is 3. The minimum absolute atomic E-state index is 0.0334. The molecule has 0 saturated heterocycles. The van der Waals surface area contributed by atoms with Gasteiger partial charge in [-0.25, -0.2) is 9.78 Å². The fourth-order valence-electron chi connectivity index (χ4n) is 1.66. The van der Waals surface area contributed by atoms with Crippen LogP contribution in [0.2, 0.25) is 5.02 Å². The molecule has 1 heterocycles. The van der Waals surface area contributed by atoms with Crippen LogP contribution >= 0.6 is 11.6 Å². The zero-order valence-electron chi connectivity index (χ0n) is 13.1. The average molecular weight is 369 g/mol. The summed E-state index contributed by atoms with van der Waals surface area (Å²) in [6.07, 6.45) is -3.53. The van der Waals surface area contributed by atoms with Crippen LogP contribution in [0.4, 0.5) is 13.2 Å². The number of carbonyl (C=O) groups is 2. The van der Waals surface area contributed by atoms with Crippen molar-refractivity contribution in [1.29, 1.82) is 0 Å². The van der Waals surface area contributed by atoms with Crippen molar-refractivity contribution in [3.63, 3.8) is 0 Å². The van der Waals surface area contributed by atoms with Crippen LogP contribution in [0.25, 0.3) is 0 Å². The molecule has 24 heavy (non-hydrogen) atoms. The molecule has 0 fully saturated rings. The highest BCUT2D eigenvalue weighted by Crippen LogP contribution is 2.25. The molecule has 0 aliphatic heterocycles. The Morgan fingerprint density at radius 3 is 2.46 bits per heavy atom. The second-order valence-electron chi connectivity index (χ2n) is 5.13. The van der Waals surface area contributed by atoms with Crippen LogP contribution in [0.1, 0.15) is 24.2 Å². The second-order valence-corrected chi connectivity index (χ2v) is 5.54. The number of methoxy groups -OCH3 is 1. The van der Waals surface area contributed by atoms with E-state index in [2.05, 4.69) is 19.8 Å². The minimum atomic E-state index is -4.54. The third-order valence-corrected chi connectivity index (χ3v) is 3.12. The van der Waals surface area contributed by atoms with Crippen LogP contribution in [0, 0.1) is 5.92 Å². The van der Waals surface area contributed by atoms with Gasteiger partial charge in [0.2, 0.25) is 5.88 Å². The maximum atomic E-state index is 12.1. The summed E-state index contributed by atoms with van der Waals surface area (Å²) >= 11 is 5.76. The van der Waals surface area contributed by atoms with E-state index in [1.54, 1.807) is 13.8 Å². The average Bonchev–Trinajstić information content (AvgIpc) is 2.49. The number of amides is 1. The first kappa shape index (κ1) is 20.0. The Morgan fingerprint density at radius 2 is 2.00 bits per heavy atom. The molecule has 1 atom stereocenters. The van der Waals surface area contributed by atoms with Crippen molar-refractivity contribution in [1.82, 2.24) is 10.3 Å². The molecular formula is C14H16ClF3N2O4. The topological polar surface area (TPSA) is 77.5 Å². The third-order valence-electron chi connectivity index (χ3n) is 2.85. The van der Waals surface area contributed by atoms with Crippen molar-refractivity contribution in [2.24, 2.45) is 5.92 Å². The molecule has 0 aliphatic rings. The second kappa shape index (κ2) is 8.18. The van der Waals surface area contributed by atoms with Crippen LogP contribution < -0.4 is 10.1 Å². The summed E-state index contributed by atoms with van der Waals surface area (Å²) in [6.45, 7) is 1.87. The van der Waals surface area contributed by atoms with Crippen molar-refractivity contribution in [3.8, 4) is 5.88 Å². The molecule has 0 saturated carbocycles. The van der Waals surface area contributed by atoms with Crippen molar-refractivity contribution < 1.29 is 32.2 Å². The lowest BCUT2D eigenvalue weighted by Gasteiger charge is -2.19. The fourth-order valence-corrected chi connectivity index (χ4v) is 1.88. The number of esters is 1. The Labute approximate surface area is 141 Å². The van der Waals surface area contributed by atoms with Crippen molar-refractivity contribution >= 4 is 23.5 Å². The molecular weight excluding hydrogens is 353 g/mol. The van der Waals surface area contributed by atoms with Gasteiger partial charge < -0.3 is 14.8 Å². The Morgan fingerprint density at radius 1 is 1.38 bits per heavy atom. The minimum Gasteiger partial charge on any atom is -0.467 e. The SMILES string of the molecule is COC(=O)[C@@H](NC(=O)c1cnc(OCC(F)(F)F)c(Cl)c1)C(C)C. The highest BCUT2D eigenvalue weighted by molar-refractivity contribution is 6.32. The lowest BCUT2D eigenvalue weighted by atomic mass is 10.0. The van der Waals surface area contributed by atoms with Crippen molar-refractivity contribution in [3.05, 3.63) is 22.8 Å². The zero-order chi connectivity index (χ0) is 18.5. The van der Waals surface area contributed by atoms with Gasteiger partial charge in [0.25, 0.3) is 5.91 Å². The molecule has 0 aliphatic carbocycles. The molecule has 1 aromatic rings. The fraction of sp³-hybridized carbons (Fsp3) is 0.500. The number of pyridine rings is 1. The van der Waals surface area contributed by atoms with Crippen LogP contribution in [-0.2, 0) is 9.53 Å². The number of rotatable bonds is 6. The largest absolute Gasteiger partial charge is 0.467 e. The number of hydrogen-bond donors (Lipinski definition) is 1. The van der Waals surface area contributed by atoms with E-state index >= 15 is 0 Å². The Hall–Kier alpha value is -2.03. The molecule has 10 heteroatoms. The predicted octanol–water partition coefficient (Wildman–Crippen LogP) is 2.60. The van der Waals surface area contributed by atoms with Crippen LogP contribution in [0.3, 0.4) is 0 Å². The molecule has 0 radical (unpaired) electrons. The predicted molar refractivity (Wildman–Crippen MR) is 78.9 cm³/mol. The summed E-state index contributed by atoms with van der Waals surface area (Å²) in [6, 6.07) is 0.215. The van der Waals surface area contributed by atoms with Gasteiger partial charge in [0, 0.05) is 6.20 Å². The number of hydrogen-bond acceptors (Lipinski definition) is 5. The molecule has 0 aromatic carbocycles. The van der Waals surface area contributed by atoms with Crippen molar-refractivity contribution in [2.45, 2.75) is 26.1 Å². The van der Waals surface area contributed by atoms with E-state index in [1.807, 2.05) is 0 Å². The highest BCUT2D eigenvalue weighted by Gasteiger charge is 2.29. The van der Waals surface area contributed by atoms with E-state index in [-0.39, 0.29) is 16.5 Å². The summed E-state index contributed by atoms with van der Waals surface area (Å²) in [4.78, 5) is 27.3. The lowest BCUT2D eigenvalue weighted by molar-refractivity contribution is -0.154. The van der Waals surface area contributed by atoms with Gasteiger partial charge in [0.15, 0.2) is 6.61 Å². The van der Waals surface area contributed by atoms with Gasteiger partial charge in [0.05, 0.1) is 12.7 Å². The Kier molecular flexibility index (Phi) is 6.82. The monoisotopic (exact) mass is 368 g/mol. The van der Waals surface area contributed by atoms with Gasteiger partial charge in [-0.1, -0.05) is 25.4 Å². The van der Waals surface area contributed by atoms with Gasteiger partial charge >= 0.3 is 12.1 Å². The Balaban J connectivity index is 2.85. The molecule has 0 spiro atoms. The first-order valence-corrected chi connectivity index (χ1v) is 7.16. The van der Waals surface area contributed by atoms with Gasteiger partial charge in [0.1, 0.15) is 11.1 Å². The number of nitrogens with one attached hydrogen (secondary N) is 1. The first-order chi connectivity index (χ1) is 11.0. The van der Waals surface area contributed by atoms with E-state index in [9.17, 15) is 22.8 Å². The molecule has 1 aromatic heterocycles. The molecule has 6 nitrogen and oxygen atoms in total. The summed E-state index contributed by atoms with van der Waals surface area (Å²) in [5, 5.41) is 2.20. The molecule has 0 bridgehead atoms. The van der Waals surface area contributed by atoms with Gasteiger partial charge in [-0.05, 0) is 12.0 Å². The zero-order valence-corrected chi connectivity index (χ0v) is 13.9. The first-order valence-electron chi connectivity index (χ1n) is 6.79. The van der Waals surface area contributed by atoms with E-state index in [4.69, 9.17) is 11.6 Å². The molecule has 134 valence electrons. The number of aromatic nitrogens is 1. The molecule has 1 rings (SSSR count). The number of carbonyl (C=O) groups excluding carboxylic acids is 2. The lowest BCUT2D eigenvalue weighted by Crippen LogP contribution is -2.45. The van der Waals surface area contributed by atoms with Crippen LogP contribution in [0.15, 0.2) is 12.3 Å². The van der Waals surface area contributed by atoms with E-state index in [1.165, 1.54) is 7.11 Å². The van der Waals surface area contributed by atoms with Crippen LogP contribution in [-0.4, -0.2) is 42.8 Å². The Bertz CT molecular complexity index is 608. The molecule has 0 unspecified atom stereocenters. The number of nitrogens with zero attached hydrogens (tertiary/aromatic N) is 1. The quantitative estimate of drug-likeness (QED) is 0.781. The molecule has 1 N–H and O–H groups in total. The maximum absolute atomic E-state index is 12.1. The van der Waals surface area contributed by atoms with E-state index in [0.717, 1.165) is 12.3 Å². The maximum Gasteiger partial charge on any atom is 0.422 e. The normalized spacial score (nSPS) is 12.7. The van der Waals surface area contributed by atoms with E-state index < -0.39 is 36.6 Å².